The highest BCUT2D eigenvalue weighted by Gasteiger charge is 2.18. The van der Waals surface area contributed by atoms with Gasteiger partial charge in [-0.05, 0) is 69.2 Å². The van der Waals surface area contributed by atoms with Gasteiger partial charge in [-0.15, -0.1) is 24.0 Å². The smallest absolute Gasteiger partial charge is 0.191 e. The lowest BCUT2D eigenvalue weighted by Gasteiger charge is -2.18. The number of nitrogens with one attached hydrogen (secondary N) is 2. The quantitative estimate of drug-likeness (QED) is 0.328. The van der Waals surface area contributed by atoms with Crippen molar-refractivity contribution in [2.24, 2.45) is 4.99 Å². The van der Waals surface area contributed by atoms with Crippen molar-refractivity contribution in [1.29, 1.82) is 0 Å². The van der Waals surface area contributed by atoms with E-state index >= 15 is 0 Å². The third-order valence-electron chi connectivity index (χ3n) is 5.17. The lowest BCUT2D eigenvalue weighted by molar-refractivity contribution is 0.207. The first-order valence-corrected chi connectivity index (χ1v) is 10.3. The summed E-state index contributed by atoms with van der Waals surface area (Å²) in [6.07, 6.45) is 8.09. The van der Waals surface area contributed by atoms with E-state index in [0.717, 1.165) is 43.2 Å². The van der Waals surface area contributed by atoms with Gasteiger partial charge in [0, 0.05) is 37.6 Å². The minimum absolute atomic E-state index is 0. The lowest BCUT2D eigenvalue weighted by atomic mass is 10.1. The Labute approximate surface area is 191 Å². The van der Waals surface area contributed by atoms with Gasteiger partial charge in [0.2, 0.25) is 0 Å². The number of aliphatic imine (C=N–C) groups is 1. The van der Waals surface area contributed by atoms with Crippen molar-refractivity contribution in [1.82, 2.24) is 15.6 Å². The fourth-order valence-corrected chi connectivity index (χ4v) is 3.47. The molecule has 0 aliphatic heterocycles. The maximum atomic E-state index is 6.29. The molecule has 5 nitrogen and oxygen atoms in total. The molecule has 6 heteroatoms. The largest absolute Gasteiger partial charge is 0.490 e. The molecule has 0 unspecified atom stereocenters. The molecule has 0 atom stereocenters. The number of halogens is 1. The number of pyridine rings is 1. The summed E-state index contributed by atoms with van der Waals surface area (Å²) >= 11 is 0. The van der Waals surface area contributed by atoms with Gasteiger partial charge in [0.05, 0.1) is 6.10 Å². The molecule has 2 N–H and O–H groups in total. The van der Waals surface area contributed by atoms with Crippen molar-refractivity contribution < 1.29 is 4.74 Å². The molecule has 0 radical (unpaired) electrons. The number of nitrogens with zero attached hydrogens (tertiary/aromatic N) is 2. The van der Waals surface area contributed by atoms with Crippen molar-refractivity contribution in [2.75, 3.05) is 13.6 Å². The van der Waals surface area contributed by atoms with Crippen molar-refractivity contribution in [2.45, 2.75) is 58.6 Å². The van der Waals surface area contributed by atoms with Gasteiger partial charge in [0.1, 0.15) is 5.75 Å². The summed E-state index contributed by atoms with van der Waals surface area (Å²) < 4.78 is 6.29. The molecular weight excluding hydrogens is 475 g/mol. The maximum Gasteiger partial charge on any atom is 0.191 e. The van der Waals surface area contributed by atoms with Gasteiger partial charge in [-0.1, -0.05) is 18.2 Å². The number of rotatable bonds is 7. The first-order chi connectivity index (χ1) is 13.6. The van der Waals surface area contributed by atoms with Crippen LogP contribution in [0.1, 0.15) is 48.1 Å². The Bertz CT molecular complexity index is 786. The Balaban J connectivity index is 0.00000300. The number of hydrogen-bond donors (Lipinski definition) is 2. The van der Waals surface area contributed by atoms with E-state index in [2.05, 4.69) is 51.8 Å². The molecule has 0 amide bonds. The van der Waals surface area contributed by atoms with Gasteiger partial charge >= 0.3 is 0 Å². The first-order valence-electron chi connectivity index (χ1n) is 10.3. The van der Waals surface area contributed by atoms with Gasteiger partial charge in [0.25, 0.3) is 0 Å². The zero-order valence-electron chi connectivity index (χ0n) is 17.7. The molecule has 158 valence electrons. The number of benzene rings is 1. The number of ether oxygens (including phenoxy) is 1. The summed E-state index contributed by atoms with van der Waals surface area (Å²) in [6.45, 7) is 5.61. The van der Waals surface area contributed by atoms with Crippen LogP contribution in [-0.4, -0.2) is 30.6 Å². The molecule has 1 fully saturated rings. The number of aryl methyl sites for hydroxylation is 2. The molecule has 0 saturated heterocycles. The Hall–Kier alpha value is -1.83. The number of aromatic nitrogens is 1. The molecule has 0 bridgehead atoms. The Morgan fingerprint density at radius 3 is 2.62 bits per heavy atom. The summed E-state index contributed by atoms with van der Waals surface area (Å²) in [5, 5.41) is 6.79. The number of hydrogen-bond acceptors (Lipinski definition) is 3. The monoisotopic (exact) mass is 508 g/mol. The molecule has 1 aromatic carbocycles. The van der Waals surface area contributed by atoms with Crippen molar-refractivity contribution >= 4 is 29.9 Å². The third-order valence-corrected chi connectivity index (χ3v) is 5.17. The molecule has 2 aromatic rings. The SMILES string of the molecule is CN=C(NCCc1ccc(C)nc1)NCc1ccc(C)cc1OC1CCCC1.I. The highest BCUT2D eigenvalue weighted by atomic mass is 127. The first kappa shape index (κ1) is 23.4. The van der Waals surface area contributed by atoms with Crippen LogP contribution >= 0.6 is 24.0 Å². The van der Waals surface area contributed by atoms with Gasteiger partial charge < -0.3 is 15.4 Å². The molecule has 0 spiro atoms. The van der Waals surface area contributed by atoms with Gasteiger partial charge in [0.15, 0.2) is 5.96 Å². The van der Waals surface area contributed by atoms with E-state index in [-0.39, 0.29) is 24.0 Å². The second-order valence-electron chi connectivity index (χ2n) is 7.55. The third kappa shape index (κ3) is 7.49. The standard InChI is InChI=1S/C23H32N4O.HI/c1-17-8-11-20(22(14-17)28-21-6-4-5-7-21)16-27-23(24-3)25-13-12-19-10-9-18(2)26-15-19;/h8-11,14-15,21H,4-7,12-13,16H2,1-3H3,(H2,24,25,27);1H. The van der Waals surface area contributed by atoms with Crippen LogP contribution in [0.5, 0.6) is 5.75 Å². The van der Waals surface area contributed by atoms with Gasteiger partial charge in [-0.25, -0.2) is 0 Å². The molecule has 29 heavy (non-hydrogen) atoms. The average molecular weight is 508 g/mol. The Kier molecular flexibility index (Phi) is 9.70. The lowest BCUT2D eigenvalue weighted by Crippen LogP contribution is -2.38. The van der Waals surface area contributed by atoms with Crippen LogP contribution in [0, 0.1) is 13.8 Å². The van der Waals surface area contributed by atoms with E-state index in [1.807, 2.05) is 19.2 Å². The topological polar surface area (TPSA) is 58.5 Å². The Morgan fingerprint density at radius 1 is 1.14 bits per heavy atom. The molecule has 1 aliphatic rings. The predicted molar refractivity (Wildman–Crippen MR) is 130 cm³/mol. The van der Waals surface area contributed by atoms with Gasteiger partial charge in [-0.3, -0.25) is 9.98 Å². The van der Waals surface area contributed by atoms with Crippen LogP contribution in [0.3, 0.4) is 0 Å². The summed E-state index contributed by atoms with van der Waals surface area (Å²) in [4.78, 5) is 8.68. The zero-order valence-corrected chi connectivity index (χ0v) is 20.0. The normalized spacial score (nSPS) is 14.4. The van der Waals surface area contributed by atoms with E-state index in [1.54, 1.807) is 7.05 Å². The van der Waals surface area contributed by atoms with Crippen LogP contribution in [0.4, 0.5) is 0 Å². The van der Waals surface area contributed by atoms with Crippen LogP contribution in [0.25, 0.3) is 0 Å². The van der Waals surface area contributed by atoms with Crippen LogP contribution in [0.2, 0.25) is 0 Å². The van der Waals surface area contributed by atoms with Crippen LogP contribution in [0.15, 0.2) is 41.5 Å². The highest BCUT2D eigenvalue weighted by molar-refractivity contribution is 14.0. The van der Waals surface area contributed by atoms with E-state index in [4.69, 9.17) is 4.74 Å². The maximum absolute atomic E-state index is 6.29. The minimum atomic E-state index is 0. The van der Waals surface area contributed by atoms with E-state index in [9.17, 15) is 0 Å². The highest BCUT2D eigenvalue weighted by Crippen LogP contribution is 2.27. The average Bonchev–Trinajstić information content (AvgIpc) is 3.20. The predicted octanol–water partition coefficient (Wildman–Crippen LogP) is 4.55. The Morgan fingerprint density at radius 2 is 1.93 bits per heavy atom. The van der Waals surface area contributed by atoms with E-state index < -0.39 is 0 Å². The minimum Gasteiger partial charge on any atom is -0.490 e. The van der Waals surface area contributed by atoms with Gasteiger partial charge in [-0.2, -0.15) is 0 Å². The summed E-state index contributed by atoms with van der Waals surface area (Å²) in [6, 6.07) is 10.6. The molecule has 3 rings (SSSR count). The second-order valence-corrected chi connectivity index (χ2v) is 7.55. The summed E-state index contributed by atoms with van der Waals surface area (Å²) in [7, 11) is 1.80. The van der Waals surface area contributed by atoms with Crippen LogP contribution in [-0.2, 0) is 13.0 Å². The summed E-state index contributed by atoms with van der Waals surface area (Å²) in [5.74, 6) is 1.80. The fourth-order valence-electron chi connectivity index (χ4n) is 3.47. The van der Waals surface area contributed by atoms with E-state index in [1.165, 1.54) is 29.5 Å². The van der Waals surface area contributed by atoms with Crippen molar-refractivity contribution in [3.63, 3.8) is 0 Å². The fraction of sp³-hybridized carbons (Fsp3) is 0.478. The molecule has 1 heterocycles. The molecule has 1 saturated carbocycles. The molecular formula is C23H33IN4O. The van der Waals surface area contributed by atoms with Crippen molar-refractivity contribution in [3.8, 4) is 5.75 Å². The number of guanidine groups is 1. The molecule has 1 aromatic heterocycles. The summed E-state index contributed by atoms with van der Waals surface area (Å²) in [5.41, 5.74) is 4.66. The second kappa shape index (κ2) is 12.0. The van der Waals surface area contributed by atoms with E-state index in [0.29, 0.717) is 12.6 Å². The zero-order chi connectivity index (χ0) is 19.8. The van der Waals surface area contributed by atoms with Crippen LogP contribution < -0.4 is 15.4 Å². The molecule has 1 aliphatic carbocycles. The van der Waals surface area contributed by atoms with Crippen molar-refractivity contribution in [3.05, 3.63) is 58.9 Å².